The van der Waals surface area contributed by atoms with E-state index in [0.717, 1.165) is 16.7 Å². The van der Waals surface area contributed by atoms with E-state index in [4.69, 9.17) is 4.74 Å². The van der Waals surface area contributed by atoms with Gasteiger partial charge in [-0.15, -0.1) is 10.2 Å². The molecule has 8 nitrogen and oxygen atoms in total. The molecule has 2 aromatic carbocycles. The second kappa shape index (κ2) is 10.2. The Bertz CT molecular complexity index is 1200. The summed E-state index contributed by atoms with van der Waals surface area (Å²) in [6.45, 7) is 7.92. The molecule has 0 saturated carbocycles. The maximum Gasteiger partial charge on any atom is 0.359 e. The lowest BCUT2D eigenvalue weighted by Gasteiger charge is -2.35. The fourth-order valence-corrected chi connectivity index (χ4v) is 3.93. The van der Waals surface area contributed by atoms with E-state index in [2.05, 4.69) is 16.8 Å². The van der Waals surface area contributed by atoms with Crippen LogP contribution in [0.3, 0.4) is 0 Å². The second-order valence-electron chi connectivity index (χ2n) is 8.02. The van der Waals surface area contributed by atoms with Gasteiger partial charge in [-0.1, -0.05) is 30.9 Å². The van der Waals surface area contributed by atoms with E-state index < -0.39 is 5.97 Å². The topological polar surface area (TPSA) is 95.9 Å². The van der Waals surface area contributed by atoms with Gasteiger partial charge >= 0.3 is 5.97 Å². The zero-order chi connectivity index (χ0) is 24.1. The molecule has 1 aliphatic heterocycles. The number of carbonyl (C=O) groups excluding carboxylic acids is 2. The van der Waals surface area contributed by atoms with Crippen molar-refractivity contribution in [2.75, 3.05) is 37.7 Å². The van der Waals surface area contributed by atoms with Crippen LogP contribution in [-0.4, -0.2) is 64.9 Å². The summed E-state index contributed by atoms with van der Waals surface area (Å²) < 4.78 is 4.96. The molecular weight excluding hydrogens is 432 g/mol. The number of phenolic OH excluding ortho intramolecular Hbond substituents is 1. The minimum atomic E-state index is -0.542. The Morgan fingerprint density at radius 3 is 2.50 bits per heavy atom. The molecule has 1 fully saturated rings. The molecule has 1 amide bonds. The van der Waals surface area contributed by atoms with Gasteiger partial charge in [0.15, 0.2) is 11.5 Å². The van der Waals surface area contributed by atoms with Gasteiger partial charge in [0.1, 0.15) is 12.4 Å². The lowest BCUT2D eigenvalue weighted by atomic mass is 9.98. The van der Waals surface area contributed by atoms with Gasteiger partial charge in [-0.2, -0.15) is 0 Å². The average Bonchev–Trinajstić information content (AvgIpc) is 2.87. The van der Waals surface area contributed by atoms with Gasteiger partial charge in [0, 0.05) is 31.7 Å². The van der Waals surface area contributed by atoms with Crippen LogP contribution < -0.4 is 4.90 Å². The van der Waals surface area contributed by atoms with Crippen LogP contribution in [0.25, 0.3) is 11.1 Å². The summed E-state index contributed by atoms with van der Waals surface area (Å²) in [5, 5.41) is 17.9. The van der Waals surface area contributed by atoms with Crippen molar-refractivity contribution in [2.45, 2.75) is 6.92 Å². The van der Waals surface area contributed by atoms with Gasteiger partial charge in [0.25, 0.3) is 5.91 Å². The summed E-state index contributed by atoms with van der Waals surface area (Å²) in [6.07, 6.45) is 1.49. The molecule has 1 aromatic heterocycles. The smallest absolute Gasteiger partial charge is 0.359 e. The Hall–Kier alpha value is -4.20. The van der Waals surface area contributed by atoms with Crippen molar-refractivity contribution in [1.29, 1.82) is 0 Å². The number of ether oxygens (including phenoxy) is 1. The van der Waals surface area contributed by atoms with E-state index >= 15 is 0 Å². The number of benzene rings is 2. The zero-order valence-corrected chi connectivity index (χ0v) is 19.0. The Morgan fingerprint density at radius 2 is 1.85 bits per heavy atom. The molecule has 1 aliphatic rings. The number of anilines is 1. The summed E-state index contributed by atoms with van der Waals surface area (Å²) in [5.41, 5.74) is 3.64. The maximum atomic E-state index is 13.1. The molecule has 8 heteroatoms. The number of piperazine rings is 1. The van der Waals surface area contributed by atoms with Crippen molar-refractivity contribution in [2.24, 2.45) is 0 Å². The second-order valence-corrected chi connectivity index (χ2v) is 8.02. The zero-order valence-electron chi connectivity index (χ0n) is 19.0. The highest BCUT2D eigenvalue weighted by molar-refractivity contribution is 5.95. The van der Waals surface area contributed by atoms with Crippen molar-refractivity contribution in [3.05, 3.63) is 84.1 Å². The number of hydrogen-bond donors (Lipinski definition) is 1. The van der Waals surface area contributed by atoms with E-state index in [1.807, 2.05) is 41.0 Å². The molecule has 0 aliphatic carbocycles. The fourth-order valence-electron chi connectivity index (χ4n) is 3.93. The molecule has 0 bridgehead atoms. The largest absolute Gasteiger partial charge is 0.508 e. The number of nitrogens with zero attached hydrogens (tertiary/aromatic N) is 4. The van der Waals surface area contributed by atoms with Crippen LogP contribution in [0.4, 0.5) is 5.82 Å². The molecule has 3 aromatic rings. The van der Waals surface area contributed by atoms with Crippen LogP contribution >= 0.6 is 0 Å². The first-order valence-corrected chi connectivity index (χ1v) is 11.0. The van der Waals surface area contributed by atoms with Crippen molar-refractivity contribution in [1.82, 2.24) is 15.1 Å². The monoisotopic (exact) mass is 458 g/mol. The van der Waals surface area contributed by atoms with E-state index in [9.17, 15) is 14.7 Å². The van der Waals surface area contributed by atoms with Crippen molar-refractivity contribution >= 4 is 17.7 Å². The normalized spacial score (nSPS) is 13.4. The predicted octanol–water partition coefficient (Wildman–Crippen LogP) is 3.46. The van der Waals surface area contributed by atoms with E-state index in [1.165, 1.54) is 6.08 Å². The molecule has 174 valence electrons. The van der Waals surface area contributed by atoms with Crippen LogP contribution in [0.2, 0.25) is 0 Å². The standard InChI is InChI=1S/C26H26N4O4/c1-3-15-34-26(33)23-9-10-24(28-27-23)29-11-13-30(14-12-29)25(32)20-7-8-22(18(2)16-20)19-5-4-6-21(31)17-19/h3-10,16-17,31H,1,11-15H2,2H3. The number of hydrogen-bond acceptors (Lipinski definition) is 7. The van der Waals surface area contributed by atoms with Crippen molar-refractivity contribution < 1.29 is 19.4 Å². The molecule has 2 heterocycles. The van der Waals surface area contributed by atoms with Crippen LogP contribution in [0, 0.1) is 6.92 Å². The van der Waals surface area contributed by atoms with Crippen LogP contribution in [0.15, 0.2) is 67.3 Å². The van der Waals surface area contributed by atoms with Crippen LogP contribution in [-0.2, 0) is 4.74 Å². The van der Waals surface area contributed by atoms with Gasteiger partial charge in [0.2, 0.25) is 0 Å². The number of aromatic hydroxyl groups is 1. The number of rotatable bonds is 6. The molecule has 0 unspecified atom stereocenters. The Kier molecular flexibility index (Phi) is 6.87. The van der Waals surface area contributed by atoms with Crippen molar-refractivity contribution in [3.8, 4) is 16.9 Å². The first-order valence-electron chi connectivity index (χ1n) is 11.0. The van der Waals surface area contributed by atoms with E-state index in [-0.39, 0.29) is 24.0 Å². The Morgan fingerprint density at radius 1 is 1.06 bits per heavy atom. The number of phenols is 1. The number of carbonyl (C=O) groups is 2. The van der Waals surface area contributed by atoms with Crippen molar-refractivity contribution in [3.63, 3.8) is 0 Å². The summed E-state index contributed by atoms with van der Waals surface area (Å²) in [5.74, 6) is 0.303. The van der Waals surface area contributed by atoms with E-state index in [1.54, 1.807) is 30.3 Å². The maximum absolute atomic E-state index is 13.1. The van der Waals surface area contributed by atoms with Crippen LogP contribution in [0.1, 0.15) is 26.4 Å². The highest BCUT2D eigenvalue weighted by Crippen LogP contribution is 2.27. The van der Waals surface area contributed by atoms with Gasteiger partial charge in [-0.05, 0) is 60.0 Å². The molecule has 4 rings (SSSR count). The first-order chi connectivity index (χ1) is 16.5. The summed E-state index contributed by atoms with van der Waals surface area (Å²) >= 11 is 0. The number of aryl methyl sites for hydroxylation is 1. The van der Waals surface area contributed by atoms with Gasteiger partial charge in [0.05, 0.1) is 0 Å². The SMILES string of the molecule is C=CCOC(=O)c1ccc(N2CCN(C(=O)c3ccc(-c4cccc(O)c4)c(C)c3)CC2)nn1. The minimum Gasteiger partial charge on any atom is -0.508 e. The fraction of sp³-hybridized carbons (Fsp3) is 0.231. The molecule has 0 radical (unpaired) electrons. The lowest BCUT2D eigenvalue weighted by Crippen LogP contribution is -2.49. The highest BCUT2D eigenvalue weighted by atomic mass is 16.5. The molecule has 1 N–H and O–H groups in total. The summed E-state index contributed by atoms with van der Waals surface area (Å²) in [4.78, 5) is 28.8. The number of esters is 1. The number of amides is 1. The van der Waals surface area contributed by atoms with Gasteiger partial charge in [-0.25, -0.2) is 4.79 Å². The quantitative estimate of drug-likeness (QED) is 0.446. The van der Waals surface area contributed by atoms with E-state index in [0.29, 0.717) is 37.6 Å². The molecule has 0 atom stereocenters. The predicted molar refractivity (Wildman–Crippen MR) is 129 cm³/mol. The third-order valence-electron chi connectivity index (χ3n) is 5.71. The van der Waals surface area contributed by atoms with Gasteiger partial charge in [-0.3, -0.25) is 4.79 Å². The first kappa shape index (κ1) is 23.0. The van der Waals surface area contributed by atoms with Gasteiger partial charge < -0.3 is 19.6 Å². The third-order valence-corrected chi connectivity index (χ3v) is 5.71. The number of aromatic nitrogens is 2. The third kappa shape index (κ3) is 5.06. The lowest BCUT2D eigenvalue weighted by molar-refractivity contribution is 0.0541. The summed E-state index contributed by atoms with van der Waals surface area (Å²) in [6, 6.07) is 16.0. The highest BCUT2D eigenvalue weighted by Gasteiger charge is 2.24. The average molecular weight is 459 g/mol. The van der Waals surface area contributed by atoms with Crippen LogP contribution in [0.5, 0.6) is 5.75 Å². The molecule has 1 saturated heterocycles. The minimum absolute atomic E-state index is 0.0170. The molecule has 0 spiro atoms. The Balaban J connectivity index is 1.37. The molecule has 34 heavy (non-hydrogen) atoms. The summed E-state index contributed by atoms with van der Waals surface area (Å²) in [7, 11) is 0. The Labute approximate surface area is 198 Å². The molecular formula is C26H26N4O4.